The molecule has 2 unspecified atom stereocenters. The van der Waals surface area contributed by atoms with Crippen LogP contribution in [0.25, 0.3) is 11.1 Å². The predicted molar refractivity (Wildman–Crippen MR) is 164 cm³/mol. The largest absolute Gasteiger partial charge is 0.543 e. The molecule has 1 saturated carbocycles. The van der Waals surface area contributed by atoms with Crippen LogP contribution in [0, 0.1) is 5.92 Å². The molecule has 1 fully saturated rings. The van der Waals surface area contributed by atoms with Crippen molar-refractivity contribution in [1.29, 1.82) is 0 Å². The van der Waals surface area contributed by atoms with Gasteiger partial charge in [-0.2, -0.15) is 13.2 Å². The van der Waals surface area contributed by atoms with E-state index in [-0.39, 0.29) is 16.9 Å². The summed E-state index contributed by atoms with van der Waals surface area (Å²) in [5.74, 6) is -0.690. The molecular formula is C35H45F3OSi. The van der Waals surface area contributed by atoms with Gasteiger partial charge in [-0.1, -0.05) is 96.1 Å². The Morgan fingerprint density at radius 2 is 1.35 bits per heavy atom. The minimum atomic E-state index is -4.12. The van der Waals surface area contributed by atoms with Gasteiger partial charge in [0, 0.05) is 0 Å². The molecule has 1 nitrogen and oxygen atoms in total. The lowest BCUT2D eigenvalue weighted by molar-refractivity contribution is -0.200. The van der Waals surface area contributed by atoms with E-state index in [1.54, 1.807) is 0 Å². The third-order valence-electron chi connectivity index (χ3n) is 9.10. The summed E-state index contributed by atoms with van der Waals surface area (Å²) in [5, 5.41) is 0.0807. The lowest BCUT2D eigenvalue weighted by Gasteiger charge is -2.38. The molecular weight excluding hydrogens is 521 g/mol. The average Bonchev–Trinajstić information content (AvgIpc) is 2.81. The highest BCUT2D eigenvalue weighted by molar-refractivity contribution is 6.74. The van der Waals surface area contributed by atoms with E-state index < -0.39 is 26.3 Å². The second-order valence-electron chi connectivity index (χ2n) is 14.1. The Morgan fingerprint density at radius 3 is 1.85 bits per heavy atom. The molecule has 3 aromatic carbocycles. The second kappa shape index (κ2) is 11.0. The number of halogens is 3. The van der Waals surface area contributed by atoms with Gasteiger partial charge in [-0.15, -0.1) is 0 Å². The quantitative estimate of drug-likeness (QED) is 0.258. The number of hydrogen-bond acceptors (Lipinski definition) is 1. The maximum absolute atomic E-state index is 13.3. The fourth-order valence-electron chi connectivity index (χ4n) is 5.15. The molecule has 5 heteroatoms. The molecule has 0 bridgehead atoms. The lowest BCUT2D eigenvalue weighted by Crippen LogP contribution is -2.44. The van der Waals surface area contributed by atoms with Crippen molar-refractivity contribution in [2.45, 2.75) is 103 Å². The molecule has 2 atom stereocenters. The summed E-state index contributed by atoms with van der Waals surface area (Å²) in [6.07, 6.45) is -1.54. The van der Waals surface area contributed by atoms with Crippen molar-refractivity contribution in [2.24, 2.45) is 5.92 Å². The minimum Gasteiger partial charge on any atom is -0.543 e. The molecule has 40 heavy (non-hydrogen) atoms. The van der Waals surface area contributed by atoms with Crippen LogP contribution in [0.5, 0.6) is 5.75 Å². The van der Waals surface area contributed by atoms with Crippen molar-refractivity contribution < 1.29 is 17.6 Å². The van der Waals surface area contributed by atoms with Gasteiger partial charge in [0.25, 0.3) is 0 Å². The highest BCUT2D eigenvalue weighted by Crippen LogP contribution is 2.51. The predicted octanol–water partition coefficient (Wildman–Crippen LogP) is 10.9. The highest BCUT2D eigenvalue weighted by atomic mass is 28.4. The maximum Gasteiger partial charge on any atom is 0.392 e. The van der Waals surface area contributed by atoms with Gasteiger partial charge in [0.1, 0.15) is 5.75 Å². The van der Waals surface area contributed by atoms with E-state index in [1.165, 1.54) is 16.7 Å². The number of hydrogen-bond donors (Lipinski definition) is 0. The second-order valence-corrected chi connectivity index (χ2v) is 18.8. The van der Waals surface area contributed by atoms with Crippen LogP contribution in [0.2, 0.25) is 18.1 Å². The molecule has 1 aliphatic rings. The normalized spacial score (nSPS) is 18.4. The lowest BCUT2D eigenvalue weighted by atomic mass is 9.69. The SMILES string of the molecule is CC(C)(C)c1ccc(CCc2cc(-c3ccc(C4CCC4C(F)(F)F)cc3)ccc2O[Si](C)(C)C(C)(C)C)cc1. The Bertz CT molecular complexity index is 1290. The van der Waals surface area contributed by atoms with E-state index in [1.807, 2.05) is 24.3 Å². The summed E-state index contributed by atoms with van der Waals surface area (Å²) in [4.78, 5) is 0. The third kappa shape index (κ3) is 6.84. The van der Waals surface area contributed by atoms with Crippen molar-refractivity contribution in [2.75, 3.05) is 0 Å². The van der Waals surface area contributed by atoms with E-state index >= 15 is 0 Å². The molecule has 0 radical (unpaired) electrons. The number of benzene rings is 3. The molecule has 0 N–H and O–H groups in total. The Kier molecular flexibility index (Phi) is 8.40. The van der Waals surface area contributed by atoms with E-state index in [0.717, 1.165) is 35.3 Å². The van der Waals surface area contributed by atoms with Crippen LogP contribution in [-0.2, 0) is 18.3 Å². The van der Waals surface area contributed by atoms with Crippen LogP contribution >= 0.6 is 0 Å². The molecule has 0 spiro atoms. The molecule has 0 heterocycles. The van der Waals surface area contributed by atoms with Crippen LogP contribution < -0.4 is 4.43 Å². The molecule has 216 valence electrons. The molecule has 0 amide bonds. The monoisotopic (exact) mass is 566 g/mol. The fraction of sp³-hybridized carbons (Fsp3) is 0.486. The van der Waals surface area contributed by atoms with Gasteiger partial charge < -0.3 is 4.43 Å². The van der Waals surface area contributed by atoms with Gasteiger partial charge in [0.2, 0.25) is 8.32 Å². The first-order valence-electron chi connectivity index (χ1n) is 14.5. The smallest absolute Gasteiger partial charge is 0.392 e. The Morgan fingerprint density at radius 1 is 0.750 bits per heavy atom. The minimum absolute atomic E-state index is 0.0807. The van der Waals surface area contributed by atoms with Crippen molar-refractivity contribution in [1.82, 2.24) is 0 Å². The summed E-state index contributed by atoms with van der Waals surface area (Å²) in [7, 11) is -2.04. The fourth-order valence-corrected chi connectivity index (χ4v) is 6.20. The summed E-state index contributed by atoms with van der Waals surface area (Å²) >= 11 is 0. The van der Waals surface area contributed by atoms with Crippen LogP contribution in [-0.4, -0.2) is 14.5 Å². The molecule has 0 saturated heterocycles. The Labute approximate surface area is 240 Å². The van der Waals surface area contributed by atoms with Crippen molar-refractivity contribution in [3.8, 4) is 16.9 Å². The summed E-state index contributed by atoms with van der Waals surface area (Å²) in [5.41, 5.74) is 6.78. The zero-order chi connectivity index (χ0) is 29.5. The van der Waals surface area contributed by atoms with Gasteiger partial charge in [0.05, 0.1) is 5.92 Å². The number of rotatable bonds is 7. The van der Waals surface area contributed by atoms with Crippen LogP contribution in [0.3, 0.4) is 0 Å². The molecule has 3 aromatic rings. The highest BCUT2D eigenvalue weighted by Gasteiger charge is 2.50. The standard InChI is InChI=1S/C35H45F3OSi/c1-33(2,3)29-18-10-24(11-19-29)9-12-28-23-27(17-22-32(28)39-40(7,8)34(4,5)6)25-13-15-26(16-14-25)30-20-21-31(30)35(36,37)38/h10-11,13-19,22-23,30-31H,9,12,20-21H2,1-8H3. The first-order chi connectivity index (χ1) is 18.5. The average molecular weight is 567 g/mol. The first-order valence-corrected chi connectivity index (χ1v) is 17.4. The molecule has 0 aromatic heterocycles. The van der Waals surface area contributed by atoms with Crippen molar-refractivity contribution in [3.63, 3.8) is 0 Å². The van der Waals surface area contributed by atoms with Gasteiger partial charge in [-0.3, -0.25) is 0 Å². The van der Waals surface area contributed by atoms with Crippen LogP contribution in [0.4, 0.5) is 13.2 Å². The van der Waals surface area contributed by atoms with E-state index in [9.17, 15) is 13.2 Å². The topological polar surface area (TPSA) is 9.23 Å². The number of alkyl halides is 3. The third-order valence-corrected chi connectivity index (χ3v) is 13.4. The van der Waals surface area contributed by atoms with Gasteiger partial charge in [-0.05, 0) is 101 Å². The number of aryl methyl sites for hydroxylation is 2. The van der Waals surface area contributed by atoms with E-state index in [4.69, 9.17) is 4.43 Å². The molecule has 4 rings (SSSR count). The Hall–Kier alpha value is -2.53. The molecule has 1 aliphatic carbocycles. The summed E-state index contributed by atoms with van der Waals surface area (Å²) in [6, 6.07) is 23.0. The van der Waals surface area contributed by atoms with Gasteiger partial charge in [-0.25, -0.2) is 0 Å². The Balaban J connectivity index is 1.60. The maximum atomic E-state index is 13.3. The van der Waals surface area contributed by atoms with E-state index in [2.05, 4.69) is 97.1 Å². The zero-order valence-electron chi connectivity index (χ0n) is 25.4. The molecule has 0 aliphatic heterocycles. The van der Waals surface area contributed by atoms with Crippen molar-refractivity contribution >= 4 is 8.32 Å². The van der Waals surface area contributed by atoms with Crippen molar-refractivity contribution in [3.05, 3.63) is 89.0 Å². The van der Waals surface area contributed by atoms with Gasteiger partial charge in [0.15, 0.2) is 0 Å². The van der Waals surface area contributed by atoms with Gasteiger partial charge >= 0.3 is 6.18 Å². The first kappa shape index (κ1) is 30.4. The zero-order valence-corrected chi connectivity index (χ0v) is 26.4. The summed E-state index contributed by atoms with van der Waals surface area (Å²) < 4.78 is 46.7. The summed E-state index contributed by atoms with van der Waals surface area (Å²) in [6.45, 7) is 18.0. The van der Waals surface area contributed by atoms with Crippen LogP contribution in [0.1, 0.15) is 82.6 Å². The van der Waals surface area contributed by atoms with E-state index in [0.29, 0.717) is 6.42 Å². The van der Waals surface area contributed by atoms with Crippen LogP contribution in [0.15, 0.2) is 66.7 Å².